The van der Waals surface area contributed by atoms with Gasteiger partial charge < -0.3 is 21.6 Å². The third-order valence-corrected chi connectivity index (χ3v) is 3.81. The molecule has 21 heavy (non-hydrogen) atoms. The number of aromatic nitrogens is 2. The summed E-state index contributed by atoms with van der Waals surface area (Å²) in [6.45, 7) is -0.179. The van der Waals surface area contributed by atoms with Crippen molar-refractivity contribution in [2.75, 3.05) is 16.6 Å². The van der Waals surface area contributed by atoms with Crippen LogP contribution < -0.4 is 33.2 Å². The number of hydrazine groups is 2. The fraction of sp³-hybridized carbons (Fsp3) is 0.222. The summed E-state index contributed by atoms with van der Waals surface area (Å²) in [4.78, 5) is 29.1. The lowest BCUT2D eigenvalue weighted by atomic mass is 10.2. The van der Waals surface area contributed by atoms with Crippen LogP contribution in [0.15, 0.2) is 0 Å². The summed E-state index contributed by atoms with van der Waals surface area (Å²) >= 11 is 1.06. The highest BCUT2D eigenvalue weighted by Crippen LogP contribution is 2.35. The van der Waals surface area contributed by atoms with Gasteiger partial charge in [-0.25, -0.2) is 36.3 Å². The minimum atomic E-state index is -0.874. The molecular weight excluding hydrogens is 300 g/mol. The molecular formula is C9H14N8O3S. The number of anilines is 2. The van der Waals surface area contributed by atoms with Gasteiger partial charge in [0.1, 0.15) is 5.82 Å². The van der Waals surface area contributed by atoms with Gasteiger partial charge in [-0.05, 0) is 0 Å². The summed E-state index contributed by atoms with van der Waals surface area (Å²) in [5, 5.41) is 10.7. The zero-order valence-corrected chi connectivity index (χ0v) is 11.6. The Labute approximate surface area is 122 Å². The number of nitrogens with zero attached hydrogens (tertiary/aromatic N) is 3. The van der Waals surface area contributed by atoms with Crippen molar-refractivity contribution >= 4 is 44.7 Å². The van der Waals surface area contributed by atoms with E-state index in [1.54, 1.807) is 0 Å². The Morgan fingerprint density at radius 3 is 2.38 bits per heavy atom. The monoisotopic (exact) mass is 314 g/mol. The van der Waals surface area contributed by atoms with E-state index in [2.05, 4.69) is 9.97 Å². The van der Waals surface area contributed by atoms with Crippen molar-refractivity contribution in [2.45, 2.75) is 6.42 Å². The molecule has 0 radical (unpaired) electrons. The first-order valence-electron chi connectivity index (χ1n) is 5.67. The van der Waals surface area contributed by atoms with Gasteiger partial charge in [0, 0.05) is 18.6 Å². The first kappa shape index (κ1) is 15.0. The number of H-pyrrole nitrogens is 1. The van der Waals surface area contributed by atoms with Gasteiger partial charge in [0.2, 0.25) is 5.13 Å². The number of hydrogen-bond acceptors (Lipinski definition) is 7. The lowest BCUT2D eigenvalue weighted by molar-refractivity contribution is 0.253. The highest BCUT2D eigenvalue weighted by Gasteiger charge is 2.23. The maximum absolute atomic E-state index is 11.2. The average molecular weight is 314 g/mol. The number of nitrogens with one attached hydrogen (secondary N) is 1. The number of aliphatic hydroxyl groups is 1. The molecule has 0 aromatic carbocycles. The van der Waals surface area contributed by atoms with Crippen LogP contribution >= 0.6 is 11.3 Å². The summed E-state index contributed by atoms with van der Waals surface area (Å²) in [6, 6.07) is -1.74. The summed E-state index contributed by atoms with van der Waals surface area (Å²) in [7, 11) is 0. The lowest BCUT2D eigenvalue weighted by Crippen LogP contribution is -2.42. The Bertz CT molecular complexity index is 695. The third kappa shape index (κ3) is 2.59. The van der Waals surface area contributed by atoms with Gasteiger partial charge >= 0.3 is 12.1 Å². The van der Waals surface area contributed by atoms with Crippen molar-refractivity contribution in [2.24, 2.45) is 23.2 Å². The maximum Gasteiger partial charge on any atom is 0.335 e. The van der Waals surface area contributed by atoms with E-state index in [4.69, 9.17) is 28.3 Å². The molecule has 2 rings (SSSR count). The number of nitrogens with two attached hydrogens (primary N) is 4. The van der Waals surface area contributed by atoms with Gasteiger partial charge in [-0.2, -0.15) is 0 Å². The van der Waals surface area contributed by atoms with Crippen molar-refractivity contribution in [3.8, 4) is 0 Å². The van der Waals surface area contributed by atoms with Gasteiger partial charge in [0.25, 0.3) is 0 Å². The second-order valence-corrected chi connectivity index (χ2v) is 4.99. The fourth-order valence-electron chi connectivity index (χ4n) is 1.75. The molecule has 0 aliphatic carbocycles. The number of amides is 4. The van der Waals surface area contributed by atoms with Crippen molar-refractivity contribution in [1.82, 2.24) is 9.97 Å². The second-order valence-electron chi connectivity index (χ2n) is 4.02. The standard InChI is InChI=1S/C9H14N8O3S/c10-7(19)16(12)6-3(1-2-18)4-5(14-6)15-9(21-4)17(13)8(11)20/h14,18H,1-2,12-13H2,(H2,10,19)(H2,11,20). The first-order valence-corrected chi connectivity index (χ1v) is 6.49. The van der Waals surface area contributed by atoms with E-state index in [-0.39, 0.29) is 24.0 Å². The molecule has 10 N–H and O–H groups in total. The highest BCUT2D eigenvalue weighted by molar-refractivity contribution is 7.22. The lowest BCUT2D eigenvalue weighted by Gasteiger charge is -2.14. The van der Waals surface area contributed by atoms with E-state index in [0.717, 1.165) is 11.3 Å². The molecule has 2 heterocycles. The van der Waals surface area contributed by atoms with Gasteiger partial charge in [0.15, 0.2) is 5.65 Å². The largest absolute Gasteiger partial charge is 0.396 e. The molecule has 114 valence electrons. The van der Waals surface area contributed by atoms with Gasteiger partial charge in [-0.3, -0.25) is 0 Å². The molecule has 12 heteroatoms. The highest BCUT2D eigenvalue weighted by atomic mass is 32.1. The van der Waals surface area contributed by atoms with Gasteiger partial charge in [-0.15, -0.1) is 0 Å². The number of fused-ring (bicyclic) bond motifs is 1. The van der Waals surface area contributed by atoms with Crippen LogP contribution in [-0.4, -0.2) is 33.7 Å². The van der Waals surface area contributed by atoms with E-state index in [1.807, 2.05) is 0 Å². The predicted octanol–water partition coefficient (Wildman–Crippen LogP) is -1.32. The molecule has 2 aromatic heterocycles. The van der Waals surface area contributed by atoms with Crippen molar-refractivity contribution in [3.05, 3.63) is 5.56 Å². The number of aromatic amines is 1. The maximum atomic E-state index is 11.2. The van der Waals surface area contributed by atoms with Crippen molar-refractivity contribution in [3.63, 3.8) is 0 Å². The molecule has 0 aliphatic heterocycles. The van der Waals surface area contributed by atoms with Crippen molar-refractivity contribution in [1.29, 1.82) is 0 Å². The number of urea groups is 2. The van der Waals surface area contributed by atoms with Crippen LogP contribution in [0.3, 0.4) is 0 Å². The summed E-state index contributed by atoms with van der Waals surface area (Å²) in [5.74, 6) is 11.2. The summed E-state index contributed by atoms with van der Waals surface area (Å²) in [6.07, 6.45) is 0.207. The van der Waals surface area contributed by atoms with E-state index >= 15 is 0 Å². The topological polar surface area (TPSA) is 194 Å². The number of thiazole rings is 1. The second kappa shape index (κ2) is 5.53. The molecule has 0 unspecified atom stereocenters. The molecule has 0 aliphatic rings. The van der Waals surface area contributed by atoms with Crippen LogP contribution in [0.4, 0.5) is 20.5 Å². The molecule has 0 bridgehead atoms. The zero-order chi connectivity index (χ0) is 15.7. The molecule has 11 nitrogen and oxygen atoms in total. The number of carbonyl (C=O) groups is 2. The minimum absolute atomic E-state index is 0.164. The number of rotatable bonds is 4. The van der Waals surface area contributed by atoms with E-state index in [0.29, 0.717) is 25.9 Å². The number of primary amides is 2. The Morgan fingerprint density at radius 1 is 1.24 bits per heavy atom. The van der Waals surface area contributed by atoms with Gasteiger partial charge in [-0.1, -0.05) is 11.3 Å². The number of aliphatic hydroxyl groups excluding tert-OH is 1. The molecule has 0 fully saturated rings. The fourth-order valence-corrected chi connectivity index (χ4v) is 2.77. The average Bonchev–Trinajstić information content (AvgIpc) is 2.96. The molecule has 0 saturated heterocycles. The Balaban J connectivity index is 2.54. The minimum Gasteiger partial charge on any atom is -0.396 e. The Kier molecular flexibility index (Phi) is 3.95. The molecule has 0 saturated carbocycles. The predicted molar refractivity (Wildman–Crippen MR) is 77.3 cm³/mol. The smallest absolute Gasteiger partial charge is 0.335 e. The zero-order valence-electron chi connectivity index (χ0n) is 10.7. The number of hydrogen-bond donors (Lipinski definition) is 6. The molecule has 0 atom stereocenters. The molecule has 2 aromatic rings. The number of carbonyl (C=O) groups excluding carboxylic acids is 2. The third-order valence-electron chi connectivity index (χ3n) is 2.70. The summed E-state index contributed by atoms with van der Waals surface area (Å²) in [5.41, 5.74) is 11.1. The van der Waals surface area contributed by atoms with E-state index in [1.165, 1.54) is 0 Å². The molecule has 4 amide bonds. The SMILES string of the molecule is NC(=O)N(N)c1nc2[nH]c(N(N)C(N)=O)c(CCO)c2s1. The van der Waals surface area contributed by atoms with Crippen LogP contribution in [-0.2, 0) is 6.42 Å². The summed E-state index contributed by atoms with van der Waals surface area (Å²) < 4.78 is 0.586. The van der Waals surface area contributed by atoms with E-state index < -0.39 is 12.1 Å². The van der Waals surface area contributed by atoms with E-state index in [9.17, 15) is 9.59 Å². The van der Waals surface area contributed by atoms with Crippen LogP contribution in [0.25, 0.3) is 10.3 Å². The molecule has 0 spiro atoms. The van der Waals surface area contributed by atoms with Crippen LogP contribution in [0, 0.1) is 0 Å². The first-order chi connectivity index (χ1) is 9.86. The van der Waals surface area contributed by atoms with Crippen LogP contribution in [0.5, 0.6) is 0 Å². The Hall–Kier alpha value is -2.41. The van der Waals surface area contributed by atoms with Crippen molar-refractivity contribution < 1.29 is 14.7 Å². The normalized spacial score (nSPS) is 10.8. The quantitative estimate of drug-likeness (QED) is 0.230. The van der Waals surface area contributed by atoms with Crippen LogP contribution in [0.1, 0.15) is 5.56 Å². The Morgan fingerprint density at radius 2 is 1.86 bits per heavy atom. The van der Waals surface area contributed by atoms with Crippen LogP contribution in [0.2, 0.25) is 0 Å². The van der Waals surface area contributed by atoms with Gasteiger partial charge in [0.05, 0.1) is 4.70 Å².